The van der Waals surface area contributed by atoms with Crippen LogP contribution < -0.4 is 57.6 Å². The zero-order chi connectivity index (χ0) is 73.5. The van der Waals surface area contributed by atoms with E-state index in [2.05, 4.69) is 31.9 Å². The number of aliphatic hydroxyl groups is 6. The number of primary amides is 1. The molecule has 0 aromatic heterocycles. The molecule has 0 unspecified atom stereocenters. The molecule has 7 heterocycles. The third-order valence-electron chi connectivity index (χ3n) is 18.1. The molecule has 5 aromatic rings. The van der Waals surface area contributed by atoms with Crippen molar-refractivity contribution < 1.29 is 118 Å². The van der Waals surface area contributed by atoms with Gasteiger partial charge in [-0.3, -0.25) is 33.6 Å². The predicted octanol–water partition coefficient (Wildman–Crippen LogP) is 1.20. The van der Waals surface area contributed by atoms with Gasteiger partial charge in [0, 0.05) is 41.1 Å². The van der Waals surface area contributed by atoms with Crippen molar-refractivity contribution in [3.63, 3.8) is 0 Å². The van der Waals surface area contributed by atoms with E-state index >= 15 is 14.4 Å². The van der Waals surface area contributed by atoms with Gasteiger partial charge < -0.3 is 123 Å². The molecule has 0 aliphatic carbocycles. The van der Waals surface area contributed by atoms with E-state index in [1.54, 1.807) is 0 Å². The first-order valence-electron chi connectivity index (χ1n) is 31.8. The average Bonchev–Trinajstić information content (AvgIpc) is 0.775. The molecule has 0 saturated carbocycles. The number of phenols is 3. The third-order valence-corrected chi connectivity index (χ3v) is 18.7. The second kappa shape index (κ2) is 30.3. The minimum atomic E-state index is -2.32. The van der Waals surface area contributed by atoms with E-state index in [1.807, 2.05) is 13.8 Å². The van der Waals surface area contributed by atoms with Crippen LogP contribution in [0, 0.1) is 11.8 Å². The molecule has 2 saturated heterocycles. The minimum Gasteiger partial charge on any atom is -0.508 e. The lowest BCUT2D eigenvalue weighted by molar-refractivity contribution is -0.333. The van der Waals surface area contributed by atoms with E-state index in [-0.39, 0.29) is 52.0 Å². The lowest BCUT2D eigenvalue weighted by Gasteiger charge is -2.47. The summed E-state index contributed by atoms with van der Waals surface area (Å²) in [5, 5.41) is 128. The van der Waals surface area contributed by atoms with E-state index in [0.29, 0.717) is 0 Å². The molecule has 5 aromatic carbocycles. The number of carboxylic acids is 1. The maximum absolute atomic E-state index is 16.0. The zero-order valence-electron chi connectivity index (χ0n) is 54.5. The number of Topliss-reactive ketones (excluding diaryl/α,β-unsaturated/α-hetero) is 1. The summed E-state index contributed by atoms with van der Waals surface area (Å²) in [6.07, 6.45) is -19.5. The number of amides is 6. The van der Waals surface area contributed by atoms with Gasteiger partial charge in [-0.15, -0.1) is 0 Å². The van der Waals surface area contributed by atoms with Gasteiger partial charge >= 0.3 is 5.97 Å². The van der Waals surface area contributed by atoms with Gasteiger partial charge in [-0.2, -0.15) is 0 Å². The summed E-state index contributed by atoms with van der Waals surface area (Å²) in [5.41, 5.74) is 8.24. The van der Waals surface area contributed by atoms with Gasteiger partial charge in [-0.25, -0.2) is 4.79 Å². The maximum atomic E-state index is 16.0. The number of nitrogens with one attached hydrogen (secondary N) is 6. The number of likely N-dealkylation sites (N-methyl/N-ethyl adjacent to an activating group) is 1. The monoisotopic (exact) mass is 1450 g/mol. The number of hydrogen-bond acceptors (Lipinski definition) is 25. The summed E-state index contributed by atoms with van der Waals surface area (Å²) in [6.45, 7) is 5.68. The molecule has 32 nitrogen and oxygen atoms in total. The third kappa shape index (κ3) is 15.9. The number of fused-ring (bicyclic) bond motifs is 15. The highest BCUT2D eigenvalue weighted by atomic mass is 35.5. The Bertz CT molecular complexity index is 4070. The average molecular weight is 1450 g/mol. The van der Waals surface area contributed by atoms with Crippen LogP contribution in [0.3, 0.4) is 0 Å². The van der Waals surface area contributed by atoms with Crippen molar-refractivity contribution in [3.8, 4) is 57.1 Å². The Morgan fingerprint density at radius 2 is 1.36 bits per heavy atom. The first-order chi connectivity index (χ1) is 47.7. The van der Waals surface area contributed by atoms with Gasteiger partial charge in [0.1, 0.15) is 77.3 Å². The van der Waals surface area contributed by atoms with Gasteiger partial charge in [0.05, 0.1) is 53.3 Å². The van der Waals surface area contributed by atoms with Gasteiger partial charge in [-0.1, -0.05) is 55.2 Å². The fraction of sp³-hybridized carbons (Fsp3) is 0.433. The van der Waals surface area contributed by atoms with Crippen molar-refractivity contribution in [1.29, 1.82) is 0 Å². The first-order valence-corrected chi connectivity index (χ1v) is 32.6. The van der Waals surface area contributed by atoms with Crippen LogP contribution in [0.1, 0.15) is 112 Å². The van der Waals surface area contributed by atoms with Crippen LogP contribution in [0.4, 0.5) is 0 Å². The second-order valence-electron chi connectivity index (χ2n) is 26.0. The van der Waals surface area contributed by atoms with E-state index in [0.717, 1.165) is 60.7 Å². The number of aromatic hydroxyl groups is 3. The highest BCUT2D eigenvalue weighted by Crippen LogP contribution is 2.50. The number of halogens is 2. The van der Waals surface area contributed by atoms with E-state index in [1.165, 1.54) is 39.1 Å². The molecule has 34 heteroatoms. The summed E-state index contributed by atoms with van der Waals surface area (Å²) >= 11 is 14.1. The van der Waals surface area contributed by atoms with Crippen LogP contribution in [0.5, 0.6) is 46.0 Å². The number of aliphatic hydroxyl groups excluding tert-OH is 6. The van der Waals surface area contributed by atoms with Crippen molar-refractivity contribution >= 4 is 70.4 Å². The quantitative estimate of drug-likeness (QED) is 0.0787. The number of ketones is 1. The zero-order valence-corrected chi connectivity index (χ0v) is 56.0. The number of ether oxygens (including phenoxy) is 6. The van der Waals surface area contributed by atoms with Crippen molar-refractivity contribution in [2.75, 3.05) is 13.7 Å². The molecule has 0 radical (unpaired) electrons. The van der Waals surface area contributed by atoms with E-state index < -0.39 is 238 Å². The molecule has 7 aliphatic rings. The molecule has 11 bridgehead atoms. The number of nitrogens with two attached hydrogens (primary N) is 2. The summed E-state index contributed by atoms with van der Waals surface area (Å²) in [6, 6.07) is 2.12. The molecule has 20 N–H and O–H groups in total. The van der Waals surface area contributed by atoms with Crippen molar-refractivity contribution in [3.05, 3.63) is 117 Å². The maximum Gasteiger partial charge on any atom is 0.330 e. The Kier molecular flexibility index (Phi) is 22.4. The SMILES string of the molecule is CN[C@H](CC(C)C)C(=O)N[C@H]1C(=O)N[C@@H](CC(N)=O)C(=O)N[C@H]2C(=O)N[C@@H]3C(=O)C[C@H](C(=O)N[C@@H](C(=O)O)c4cc(O)cc(O)c4-c4cc3ccc4O)[C@H](O)c3ccc(c(Cl)c3)Oc3cc2cc(c3O[C@@H]2O[C@@H](CO)[C@@H](O)[C@H](O)[C@H]2O[C@H]2C[C@](C)(N)[C@H](O)[C@H](C)O2)Oc2ccc(cc2Cl)[C@H]1O. The summed E-state index contributed by atoms with van der Waals surface area (Å²) < 4.78 is 38.3. The predicted molar refractivity (Wildman–Crippen MR) is 350 cm³/mol. The normalized spacial score (nSPS) is 29.5. The summed E-state index contributed by atoms with van der Waals surface area (Å²) in [5.74, 6) is -17.4. The number of benzene rings is 5. The number of aliphatic carboxylic acids is 1. The minimum absolute atomic E-state index is 0.0941. The van der Waals surface area contributed by atoms with Crippen LogP contribution >= 0.6 is 23.2 Å². The Morgan fingerprint density at radius 3 is 1.94 bits per heavy atom. The highest BCUT2D eigenvalue weighted by molar-refractivity contribution is 6.32. The number of carboxylic acid groups (broad SMARTS) is 1. The highest BCUT2D eigenvalue weighted by Gasteiger charge is 2.51. The molecular formula is C67H76Cl2N8O24. The van der Waals surface area contributed by atoms with Crippen LogP contribution in [0.2, 0.25) is 10.0 Å². The number of rotatable bonds is 13. The molecular weight excluding hydrogens is 1370 g/mol. The molecule has 18 atom stereocenters. The largest absolute Gasteiger partial charge is 0.508 e. The van der Waals surface area contributed by atoms with Crippen LogP contribution in [-0.4, -0.2) is 185 Å². The number of hydrogen-bond donors (Lipinski definition) is 18. The number of carbonyl (C=O) groups excluding carboxylic acids is 7. The standard InChI is InChI=1S/C67H76Cl2N8O24/c1-24(2)12-36(72-5)61(90)77-52-54(85)28-8-11-42(35(69)15-28)98-44-17-29-16-43(57(44)101-66-58(56(87)55(86)45(23-78)99-66)100-47-22-67(4,71)59(88)25(3)96-47)97-41-10-7-27(14-34(41)68)53(84)33-20-40(82)49(74-63(92)50(29)75-62(91)37(21-46(70)83)73-64(52)93)26-6-9-38(80)31(13-26)48-32(18-30(79)19-39(48)81)51(65(94)95)76-60(33)89/h6-11,13-19,24-25,33,36-37,45,47,49-56,58-59,66,72,78-81,84-88H,12,20-23,71H2,1-5H3,(H2,70,83)(H,73,93)(H,74,92)(H,75,91)(H,76,89)(H,77,90)(H,94,95)/t25-,33-,36+,37-,45-,47-,49-,50+,51+,52+,53+,54+,55+,56-,58+,59+,66-,67-/m0/s1. The topological polar surface area (TPSA) is 518 Å². The molecule has 7 aliphatic heterocycles. The molecule has 101 heavy (non-hydrogen) atoms. The number of phenolic OH excluding ortho intramolecular Hbond substituents is 3. The lowest BCUT2D eigenvalue weighted by Crippen LogP contribution is -2.64. The van der Waals surface area contributed by atoms with E-state index in [4.69, 9.17) is 63.1 Å². The van der Waals surface area contributed by atoms with Gasteiger partial charge in [0.25, 0.3) is 0 Å². The lowest BCUT2D eigenvalue weighted by atomic mass is 9.84. The second-order valence-corrected chi connectivity index (χ2v) is 26.8. The van der Waals surface area contributed by atoms with E-state index in [9.17, 15) is 75.0 Å². The van der Waals surface area contributed by atoms with Crippen molar-refractivity contribution in [1.82, 2.24) is 31.9 Å². The van der Waals surface area contributed by atoms with Gasteiger partial charge in [0.15, 0.2) is 35.7 Å². The molecule has 0 spiro atoms. The molecule has 2 fully saturated rings. The van der Waals surface area contributed by atoms with Crippen LogP contribution in [0.25, 0.3) is 11.1 Å². The Balaban J connectivity index is 1.24. The fourth-order valence-electron chi connectivity index (χ4n) is 12.8. The van der Waals surface area contributed by atoms with Crippen LogP contribution in [-0.2, 0) is 52.6 Å². The first kappa shape index (κ1) is 74.7. The number of carbonyl (C=O) groups is 8. The summed E-state index contributed by atoms with van der Waals surface area (Å²) in [4.78, 5) is 117. The van der Waals surface area contributed by atoms with Crippen LogP contribution in [0.15, 0.2) is 78.9 Å². The van der Waals surface area contributed by atoms with Crippen molar-refractivity contribution in [2.24, 2.45) is 23.3 Å². The molecule has 12 rings (SSSR count). The van der Waals surface area contributed by atoms with Gasteiger partial charge in [0.2, 0.25) is 47.5 Å². The summed E-state index contributed by atoms with van der Waals surface area (Å²) in [7, 11) is 1.48. The Labute approximate surface area is 585 Å². The molecule has 6 amide bonds. The molecule has 542 valence electrons. The Hall–Kier alpha value is -9.00. The van der Waals surface area contributed by atoms with Gasteiger partial charge in [-0.05, 0) is 110 Å². The van der Waals surface area contributed by atoms with Crippen molar-refractivity contribution in [2.45, 2.75) is 157 Å². The fourth-order valence-corrected chi connectivity index (χ4v) is 13.2. The Morgan fingerprint density at radius 1 is 0.733 bits per heavy atom. The smallest absolute Gasteiger partial charge is 0.330 e.